The molecule has 0 saturated carbocycles. The Hall–Kier alpha value is -1.53. The van der Waals surface area contributed by atoms with Gasteiger partial charge >= 0.3 is 0 Å². The Labute approximate surface area is 115 Å². The van der Waals surface area contributed by atoms with Crippen LogP contribution in [0.3, 0.4) is 0 Å². The fourth-order valence-electron chi connectivity index (χ4n) is 2.87. The van der Waals surface area contributed by atoms with Gasteiger partial charge in [-0.15, -0.1) is 0 Å². The van der Waals surface area contributed by atoms with E-state index in [4.69, 9.17) is 5.26 Å². The van der Waals surface area contributed by atoms with Crippen LogP contribution in [0.15, 0.2) is 18.2 Å². The Morgan fingerprint density at radius 3 is 2.74 bits per heavy atom. The van der Waals surface area contributed by atoms with E-state index < -0.39 is 6.10 Å². The number of nitriles is 1. The van der Waals surface area contributed by atoms with Gasteiger partial charge in [0, 0.05) is 24.3 Å². The van der Waals surface area contributed by atoms with Crippen molar-refractivity contribution in [2.45, 2.75) is 39.7 Å². The first-order valence-corrected chi connectivity index (χ1v) is 6.90. The van der Waals surface area contributed by atoms with E-state index in [1.54, 1.807) is 13.0 Å². The van der Waals surface area contributed by atoms with Gasteiger partial charge in [-0.25, -0.2) is 0 Å². The highest BCUT2D eigenvalue weighted by atomic mass is 16.3. The van der Waals surface area contributed by atoms with Crippen molar-refractivity contribution in [3.8, 4) is 6.07 Å². The van der Waals surface area contributed by atoms with Crippen molar-refractivity contribution >= 4 is 5.69 Å². The van der Waals surface area contributed by atoms with Gasteiger partial charge in [0.2, 0.25) is 0 Å². The topological polar surface area (TPSA) is 47.3 Å². The lowest BCUT2D eigenvalue weighted by Gasteiger charge is -2.40. The van der Waals surface area contributed by atoms with Crippen molar-refractivity contribution in [1.82, 2.24) is 0 Å². The molecule has 1 aromatic rings. The molecule has 1 atom stereocenters. The lowest BCUT2D eigenvalue weighted by molar-refractivity contribution is 0.199. The summed E-state index contributed by atoms with van der Waals surface area (Å²) in [5, 5.41) is 19.0. The number of piperidine rings is 1. The summed E-state index contributed by atoms with van der Waals surface area (Å²) in [6.07, 6.45) is 1.88. The zero-order valence-corrected chi connectivity index (χ0v) is 12.0. The second-order valence-electron chi connectivity index (χ2n) is 6.25. The zero-order chi connectivity index (χ0) is 14.0. The summed E-state index contributed by atoms with van der Waals surface area (Å²) in [5.74, 6) is 0. The third-order valence-electron chi connectivity index (χ3n) is 3.85. The van der Waals surface area contributed by atoms with Gasteiger partial charge in [0.15, 0.2) is 0 Å². The second kappa shape index (κ2) is 5.22. The number of aliphatic hydroxyl groups excluding tert-OH is 1. The molecule has 2 rings (SSSR count). The van der Waals surface area contributed by atoms with Crippen LogP contribution in [0.2, 0.25) is 0 Å². The first-order valence-electron chi connectivity index (χ1n) is 6.90. The van der Waals surface area contributed by atoms with Crippen molar-refractivity contribution in [3.63, 3.8) is 0 Å². The molecule has 1 heterocycles. The third kappa shape index (κ3) is 3.08. The molecular formula is C16H22N2O. The highest BCUT2D eigenvalue weighted by Gasteiger charge is 2.28. The van der Waals surface area contributed by atoms with E-state index in [9.17, 15) is 5.11 Å². The summed E-state index contributed by atoms with van der Waals surface area (Å²) in [4.78, 5) is 2.31. The maximum atomic E-state index is 9.92. The monoisotopic (exact) mass is 258 g/mol. The normalized spacial score (nSPS) is 19.8. The molecule has 1 aliphatic heterocycles. The predicted octanol–water partition coefficient (Wildman–Crippen LogP) is 3.24. The Morgan fingerprint density at radius 2 is 2.16 bits per heavy atom. The molecule has 102 valence electrons. The maximum Gasteiger partial charge on any atom is 0.0992 e. The Kier molecular flexibility index (Phi) is 3.82. The molecule has 0 spiro atoms. The average molecular weight is 258 g/mol. The number of aliphatic hydroxyl groups is 1. The van der Waals surface area contributed by atoms with Crippen LogP contribution in [0.5, 0.6) is 0 Å². The van der Waals surface area contributed by atoms with Crippen LogP contribution < -0.4 is 4.90 Å². The molecular weight excluding hydrogens is 236 g/mol. The summed E-state index contributed by atoms with van der Waals surface area (Å²) in [5.41, 5.74) is 2.87. The summed E-state index contributed by atoms with van der Waals surface area (Å²) in [6.45, 7) is 8.30. The quantitative estimate of drug-likeness (QED) is 0.886. The average Bonchev–Trinajstić information content (AvgIpc) is 2.36. The van der Waals surface area contributed by atoms with Crippen LogP contribution in [-0.4, -0.2) is 18.2 Å². The number of nitrogens with zero attached hydrogens (tertiary/aromatic N) is 2. The molecule has 1 fully saturated rings. The standard InChI is InChI=1S/C16H22N2O/c1-12(19)14-6-5-13(10-17)9-15(14)18-8-4-7-16(2,3)11-18/h5-6,9,12,19H,4,7-8,11H2,1-3H3/t12-/m0/s1. The molecule has 1 N–H and O–H groups in total. The van der Waals surface area contributed by atoms with Gasteiger partial charge < -0.3 is 10.0 Å². The molecule has 0 unspecified atom stereocenters. The van der Waals surface area contributed by atoms with Crippen LogP contribution >= 0.6 is 0 Å². The number of anilines is 1. The fraction of sp³-hybridized carbons (Fsp3) is 0.562. The molecule has 0 aliphatic carbocycles. The molecule has 0 amide bonds. The van der Waals surface area contributed by atoms with E-state index in [0.29, 0.717) is 5.56 Å². The van der Waals surface area contributed by atoms with Gasteiger partial charge in [0.1, 0.15) is 0 Å². The molecule has 1 aliphatic rings. The summed E-state index contributed by atoms with van der Waals surface area (Å²) < 4.78 is 0. The van der Waals surface area contributed by atoms with Gasteiger partial charge in [0.05, 0.1) is 17.7 Å². The summed E-state index contributed by atoms with van der Waals surface area (Å²) >= 11 is 0. The van der Waals surface area contributed by atoms with Gasteiger partial charge in [-0.05, 0) is 37.3 Å². The second-order valence-corrected chi connectivity index (χ2v) is 6.25. The lowest BCUT2D eigenvalue weighted by atomic mass is 9.83. The number of hydrogen-bond donors (Lipinski definition) is 1. The van der Waals surface area contributed by atoms with Crippen molar-refractivity contribution in [1.29, 1.82) is 5.26 Å². The van der Waals surface area contributed by atoms with Crippen molar-refractivity contribution in [2.24, 2.45) is 5.41 Å². The molecule has 3 nitrogen and oxygen atoms in total. The van der Waals surface area contributed by atoms with E-state index in [1.807, 2.05) is 12.1 Å². The number of rotatable bonds is 2. The Morgan fingerprint density at radius 1 is 1.42 bits per heavy atom. The number of hydrogen-bond acceptors (Lipinski definition) is 3. The van der Waals surface area contributed by atoms with Gasteiger partial charge in [0.25, 0.3) is 0 Å². The summed E-state index contributed by atoms with van der Waals surface area (Å²) in [7, 11) is 0. The van der Waals surface area contributed by atoms with E-state index in [-0.39, 0.29) is 5.41 Å². The van der Waals surface area contributed by atoms with Crippen LogP contribution in [0.1, 0.15) is 50.8 Å². The van der Waals surface area contributed by atoms with Crippen LogP contribution in [-0.2, 0) is 0 Å². The molecule has 19 heavy (non-hydrogen) atoms. The van der Waals surface area contributed by atoms with E-state index >= 15 is 0 Å². The third-order valence-corrected chi connectivity index (χ3v) is 3.85. The van der Waals surface area contributed by atoms with Crippen molar-refractivity contribution < 1.29 is 5.11 Å². The Bertz CT molecular complexity index is 500. The maximum absolute atomic E-state index is 9.92. The van der Waals surface area contributed by atoms with Crippen molar-refractivity contribution in [2.75, 3.05) is 18.0 Å². The smallest absolute Gasteiger partial charge is 0.0992 e. The van der Waals surface area contributed by atoms with Crippen LogP contribution in [0, 0.1) is 16.7 Å². The van der Waals surface area contributed by atoms with Crippen LogP contribution in [0.25, 0.3) is 0 Å². The van der Waals surface area contributed by atoms with E-state index in [1.165, 1.54) is 6.42 Å². The molecule has 0 aromatic heterocycles. The lowest BCUT2D eigenvalue weighted by Crippen LogP contribution is -2.40. The molecule has 1 saturated heterocycles. The SMILES string of the molecule is C[C@H](O)c1ccc(C#N)cc1N1CCCC(C)(C)C1. The highest BCUT2D eigenvalue weighted by Crippen LogP contribution is 2.35. The molecule has 0 bridgehead atoms. The van der Waals surface area contributed by atoms with E-state index in [2.05, 4.69) is 24.8 Å². The number of benzene rings is 1. The van der Waals surface area contributed by atoms with E-state index in [0.717, 1.165) is 30.8 Å². The molecule has 1 aromatic carbocycles. The highest BCUT2D eigenvalue weighted by molar-refractivity contribution is 5.59. The van der Waals surface area contributed by atoms with Gasteiger partial charge in [-0.1, -0.05) is 19.9 Å². The van der Waals surface area contributed by atoms with Gasteiger partial charge in [-0.2, -0.15) is 5.26 Å². The zero-order valence-electron chi connectivity index (χ0n) is 12.0. The largest absolute Gasteiger partial charge is 0.389 e. The minimum absolute atomic E-state index is 0.289. The van der Waals surface area contributed by atoms with Gasteiger partial charge in [-0.3, -0.25) is 0 Å². The first kappa shape index (κ1) is 13.9. The Balaban J connectivity index is 2.39. The minimum Gasteiger partial charge on any atom is -0.389 e. The van der Waals surface area contributed by atoms with Crippen LogP contribution in [0.4, 0.5) is 5.69 Å². The molecule has 3 heteroatoms. The predicted molar refractivity (Wildman–Crippen MR) is 77.0 cm³/mol. The fourth-order valence-corrected chi connectivity index (χ4v) is 2.87. The van der Waals surface area contributed by atoms with Crippen molar-refractivity contribution in [3.05, 3.63) is 29.3 Å². The summed E-state index contributed by atoms with van der Waals surface area (Å²) in [6, 6.07) is 7.74. The first-order chi connectivity index (χ1) is 8.93. The molecule has 0 radical (unpaired) electrons. The minimum atomic E-state index is -0.507.